The smallest absolute Gasteiger partial charge is 0.302 e. The first-order valence-corrected chi connectivity index (χ1v) is 6.30. The molecule has 3 nitrogen and oxygen atoms in total. The van der Waals surface area contributed by atoms with Crippen LogP contribution in [0.5, 0.6) is 0 Å². The molecular formula is C11H20O3S. The number of carbonyl (C=O) groups excluding carboxylic acids is 1. The molecule has 0 unspecified atom stereocenters. The molecule has 0 heterocycles. The third-order valence-electron chi connectivity index (χ3n) is 1.56. The molecule has 0 N–H and O–H groups in total. The van der Waals surface area contributed by atoms with Crippen molar-refractivity contribution in [1.82, 2.24) is 0 Å². The lowest BCUT2D eigenvalue weighted by Crippen LogP contribution is -1.98. The zero-order valence-corrected chi connectivity index (χ0v) is 10.3. The van der Waals surface area contributed by atoms with Crippen molar-refractivity contribution in [1.29, 1.82) is 0 Å². The average molecular weight is 232 g/mol. The summed E-state index contributed by atoms with van der Waals surface area (Å²) in [5.41, 5.74) is 0. The summed E-state index contributed by atoms with van der Waals surface area (Å²) >= 11 is 1.67. The van der Waals surface area contributed by atoms with Crippen LogP contribution in [0.3, 0.4) is 0 Å². The van der Waals surface area contributed by atoms with Gasteiger partial charge in [0.05, 0.1) is 6.61 Å². The van der Waals surface area contributed by atoms with Crippen molar-refractivity contribution in [2.75, 3.05) is 25.6 Å². The second-order valence-corrected chi connectivity index (χ2v) is 4.02. The molecule has 0 aliphatic carbocycles. The molecule has 0 saturated carbocycles. The quantitative estimate of drug-likeness (QED) is 0.452. The Labute approximate surface area is 96.2 Å². The normalized spacial score (nSPS) is 10.8. The van der Waals surface area contributed by atoms with E-state index in [-0.39, 0.29) is 5.97 Å². The van der Waals surface area contributed by atoms with Crippen LogP contribution >= 0.6 is 11.8 Å². The minimum atomic E-state index is -0.243. The summed E-state index contributed by atoms with van der Waals surface area (Å²) in [4.78, 5) is 10.4. The van der Waals surface area contributed by atoms with Crippen molar-refractivity contribution in [3.05, 3.63) is 11.5 Å². The third kappa shape index (κ3) is 13.5. The van der Waals surface area contributed by atoms with Crippen molar-refractivity contribution in [2.45, 2.75) is 26.7 Å². The molecule has 88 valence electrons. The summed E-state index contributed by atoms with van der Waals surface area (Å²) in [7, 11) is 0. The molecule has 0 aromatic rings. The van der Waals surface area contributed by atoms with Gasteiger partial charge in [-0.1, -0.05) is 13.3 Å². The van der Waals surface area contributed by atoms with Crippen molar-refractivity contribution >= 4 is 17.7 Å². The average Bonchev–Trinajstić information content (AvgIpc) is 2.20. The Morgan fingerprint density at radius 2 is 2.20 bits per heavy atom. The fourth-order valence-corrected chi connectivity index (χ4v) is 1.36. The minimum absolute atomic E-state index is 0.243. The first-order chi connectivity index (χ1) is 7.27. The zero-order valence-electron chi connectivity index (χ0n) is 9.53. The lowest BCUT2D eigenvalue weighted by Gasteiger charge is -2.00. The minimum Gasteiger partial charge on any atom is -0.462 e. The maximum Gasteiger partial charge on any atom is 0.302 e. The number of carbonyl (C=O) groups is 1. The number of hydrogen-bond donors (Lipinski definition) is 0. The molecule has 15 heavy (non-hydrogen) atoms. The van der Waals surface area contributed by atoms with Gasteiger partial charge < -0.3 is 9.47 Å². The van der Waals surface area contributed by atoms with Gasteiger partial charge in [0, 0.05) is 19.3 Å². The molecular weight excluding hydrogens is 212 g/mol. The van der Waals surface area contributed by atoms with Gasteiger partial charge in [0.1, 0.15) is 6.61 Å². The molecule has 0 aromatic heterocycles. The fourth-order valence-electron chi connectivity index (χ4n) is 0.796. The summed E-state index contributed by atoms with van der Waals surface area (Å²) < 4.78 is 10.1. The number of rotatable bonds is 9. The van der Waals surface area contributed by atoms with E-state index in [1.165, 1.54) is 13.3 Å². The highest BCUT2D eigenvalue weighted by Gasteiger charge is 1.88. The molecule has 0 amide bonds. The highest BCUT2D eigenvalue weighted by molar-refractivity contribution is 8.02. The van der Waals surface area contributed by atoms with Crippen LogP contribution in [0.25, 0.3) is 0 Å². The van der Waals surface area contributed by atoms with Gasteiger partial charge in [-0.25, -0.2) is 0 Å². The van der Waals surface area contributed by atoms with Gasteiger partial charge in [-0.15, -0.1) is 11.8 Å². The summed E-state index contributed by atoms with van der Waals surface area (Å²) in [6.45, 7) is 5.55. The SMILES string of the molecule is CCCCOCCSC=CCOC(C)=O. The van der Waals surface area contributed by atoms with Crippen LogP contribution in [-0.2, 0) is 14.3 Å². The summed E-state index contributed by atoms with van der Waals surface area (Å²) in [5, 5.41) is 1.94. The first-order valence-electron chi connectivity index (χ1n) is 5.25. The van der Waals surface area contributed by atoms with Crippen molar-refractivity contribution in [3.8, 4) is 0 Å². The lowest BCUT2D eigenvalue weighted by molar-refractivity contribution is -0.139. The fraction of sp³-hybridized carbons (Fsp3) is 0.727. The van der Waals surface area contributed by atoms with Gasteiger partial charge in [-0.3, -0.25) is 4.79 Å². The Kier molecular flexibility index (Phi) is 11.2. The molecule has 0 rings (SSSR count). The number of esters is 1. The second kappa shape index (κ2) is 11.6. The largest absolute Gasteiger partial charge is 0.462 e. The molecule has 0 spiro atoms. The number of thioether (sulfide) groups is 1. The first kappa shape index (κ1) is 14.5. The van der Waals surface area contributed by atoms with E-state index in [1.807, 2.05) is 11.5 Å². The van der Waals surface area contributed by atoms with Crippen LogP contribution in [0.1, 0.15) is 26.7 Å². The number of unbranched alkanes of at least 4 members (excludes halogenated alkanes) is 1. The highest BCUT2D eigenvalue weighted by Crippen LogP contribution is 2.01. The molecule has 0 fully saturated rings. The Morgan fingerprint density at radius 3 is 2.87 bits per heavy atom. The summed E-state index contributed by atoms with van der Waals surface area (Å²) in [6, 6.07) is 0. The molecule has 0 aliphatic rings. The highest BCUT2D eigenvalue weighted by atomic mass is 32.2. The van der Waals surface area contributed by atoms with Gasteiger partial charge in [-0.2, -0.15) is 0 Å². The Morgan fingerprint density at radius 1 is 1.40 bits per heavy atom. The van der Waals surface area contributed by atoms with Crippen molar-refractivity contribution < 1.29 is 14.3 Å². The predicted molar refractivity (Wildman–Crippen MR) is 64.0 cm³/mol. The molecule has 0 radical (unpaired) electrons. The molecule has 4 heteroatoms. The van der Waals surface area contributed by atoms with E-state index < -0.39 is 0 Å². The molecule has 0 aromatic carbocycles. The van der Waals surface area contributed by atoms with Crippen LogP contribution in [-0.4, -0.2) is 31.5 Å². The van der Waals surface area contributed by atoms with E-state index in [4.69, 9.17) is 9.47 Å². The molecule has 0 bridgehead atoms. The second-order valence-electron chi connectivity index (χ2n) is 3.01. The van der Waals surface area contributed by atoms with Crippen molar-refractivity contribution in [2.24, 2.45) is 0 Å². The zero-order chi connectivity index (χ0) is 11.4. The van der Waals surface area contributed by atoms with Gasteiger partial charge in [-0.05, 0) is 17.9 Å². The number of ether oxygens (including phenoxy) is 2. The summed E-state index contributed by atoms with van der Waals surface area (Å²) in [6.07, 6.45) is 4.14. The van der Waals surface area contributed by atoms with Crippen LogP contribution < -0.4 is 0 Å². The lowest BCUT2D eigenvalue weighted by atomic mass is 10.4. The third-order valence-corrected chi connectivity index (χ3v) is 2.35. The van der Waals surface area contributed by atoms with E-state index in [2.05, 4.69) is 6.92 Å². The Balaban J connectivity index is 3.06. The Hall–Kier alpha value is -0.480. The van der Waals surface area contributed by atoms with Gasteiger partial charge in [0.25, 0.3) is 0 Å². The Bertz CT molecular complexity index is 181. The maximum atomic E-state index is 10.4. The van der Waals surface area contributed by atoms with E-state index in [1.54, 1.807) is 11.8 Å². The van der Waals surface area contributed by atoms with Gasteiger partial charge >= 0.3 is 5.97 Å². The van der Waals surface area contributed by atoms with E-state index >= 15 is 0 Å². The molecule has 0 atom stereocenters. The molecule has 0 saturated heterocycles. The summed E-state index contributed by atoms with van der Waals surface area (Å²) in [5.74, 6) is 0.702. The van der Waals surface area contributed by atoms with Crippen LogP contribution in [0.2, 0.25) is 0 Å². The topological polar surface area (TPSA) is 35.5 Å². The van der Waals surface area contributed by atoms with Gasteiger partial charge in [0.2, 0.25) is 0 Å². The van der Waals surface area contributed by atoms with Gasteiger partial charge in [0.15, 0.2) is 0 Å². The monoisotopic (exact) mass is 232 g/mol. The number of hydrogen-bond acceptors (Lipinski definition) is 4. The van der Waals surface area contributed by atoms with Crippen LogP contribution in [0, 0.1) is 0 Å². The van der Waals surface area contributed by atoms with Crippen LogP contribution in [0.15, 0.2) is 11.5 Å². The van der Waals surface area contributed by atoms with Crippen LogP contribution in [0.4, 0.5) is 0 Å². The standard InChI is InChI=1S/C11H20O3S/c1-3-4-6-13-8-10-15-9-5-7-14-11(2)12/h5,9H,3-4,6-8,10H2,1-2H3. The predicted octanol–water partition coefficient (Wildman–Crippen LogP) is 2.61. The van der Waals surface area contributed by atoms with E-state index in [9.17, 15) is 4.79 Å². The van der Waals surface area contributed by atoms with E-state index in [0.29, 0.717) is 6.61 Å². The van der Waals surface area contributed by atoms with Crippen molar-refractivity contribution in [3.63, 3.8) is 0 Å². The van der Waals surface area contributed by atoms with E-state index in [0.717, 1.165) is 25.4 Å². The maximum absolute atomic E-state index is 10.4. The molecule has 0 aliphatic heterocycles.